The molecule has 2 aromatic rings. The van der Waals surface area contributed by atoms with Crippen molar-refractivity contribution in [3.63, 3.8) is 0 Å². The molecule has 156 valence electrons. The molecular weight excluding hydrogens is 390 g/mol. The Morgan fingerprint density at radius 1 is 1.31 bits per heavy atom. The van der Waals surface area contributed by atoms with Crippen LogP contribution >= 0.6 is 11.6 Å². The van der Waals surface area contributed by atoms with Crippen molar-refractivity contribution in [2.45, 2.75) is 44.2 Å². The second kappa shape index (κ2) is 8.34. The summed E-state index contributed by atoms with van der Waals surface area (Å²) in [6, 6.07) is 7.83. The highest BCUT2D eigenvalue weighted by molar-refractivity contribution is 6.31. The van der Waals surface area contributed by atoms with Crippen molar-refractivity contribution < 1.29 is 9.84 Å². The molecule has 8 heteroatoms. The van der Waals surface area contributed by atoms with Crippen LogP contribution in [0.15, 0.2) is 24.3 Å². The number of aliphatic hydroxyl groups is 1. The summed E-state index contributed by atoms with van der Waals surface area (Å²) < 4.78 is 5.85. The Kier molecular flexibility index (Phi) is 5.81. The zero-order valence-corrected chi connectivity index (χ0v) is 17.5. The van der Waals surface area contributed by atoms with Crippen LogP contribution in [-0.2, 0) is 4.74 Å². The fourth-order valence-corrected chi connectivity index (χ4v) is 4.27. The van der Waals surface area contributed by atoms with Gasteiger partial charge in [0, 0.05) is 42.2 Å². The van der Waals surface area contributed by atoms with Gasteiger partial charge in [0.1, 0.15) is 5.82 Å². The molecule has 7 nitrogen and oxygen atoms in total. The standard InChI is InChI=1S/C21H28ClN5O2/c1-14-10-19(26-20(23)25-14)27-8-3-9-29-12-18(27)16-5-4-15(11-17(16)22)24-13-21(28)6-2-7-21/h4-5,10-11,18,24,28H,2-3,6-9,12-13H2,1H3,(H2,23,25,26)/t18-/m1/s1. The molecule has 1 atom stereocenters. The quantitative estimate of drug-likeness (QED) is 0.686. The smallest absolute Gasteiger partial charge is 0.222 e. The summed E-state index contributed by atoms with van der Waals surface area (Å²) in [6.45, 7) is 4.47. The fraction of sp³-hybridized carbons (Fsp3) is 0.524. The van der Waals surface area contributed by atoms with E-state index in [2.05, 4.69) is 20.2 Å². The lowest BCUT2D eigenvalue weighted by Gasteiger charge is -2.37. The maximum absolute atomic E-state index is 10.3. The van der Waals surface area contributed by atoms with Crippen LogP contribution in [0.4, 0.5) is 17.5 Å². The number of aryl methyl sites for hydroxylation is 1. The highest BCUT2D eigenvalue weighted by atomic mass is 35.5. The SMILES string of the molecule is Cc1cc(N2CCCOC[C@@H]2c2ccc(NCC3(O)CCC3)cc2Cl)nc(N)n1. The van der Waals surface area contributed by atoms with E-state index in [-0.39, 0.29) is 12.0 Å². The number of halogens is 1. The highest BCUT2D eigenvalue weighted by Crippen LogP contribution is 2.35. The Hall–Kier alpha value is -2.09. The summed E-state index contributed by atoms with van der Waals surface area (Å²) >= 11 is 6.69. The second-order valence-electron chi connectivity index (χ2n) is 8.03. The molecule has 1 saturated carbocycles. The number of aromatic nitrogens is 2. The van der Waals surface area contributed by atoms with Gasteiger partial charge in [-0.1, -0.05) is 17.7 Å². The maximum Gasteiger partial charge on any atom is 0.222 e. The number of nitrogens with two attached hydrogens (primary N) is 1. The topological polar surface area (TPSA) is 96.5 Å². The first kappa shape index (κ1) is 20.2. The van der Waals surface area contributed by atoms with Gasteiger partial charge in [0.05, 0.1) is 18.2 Å². The predicted octanol–water partition coefficient (Wildman–Crippen LogP) is 3.32. The van der Waals surface area contributed by atoms with Gasteiger partial charge in [-0.2, -0.15) is 4.98 Å². The number of ether oxygens (including phenoxy) is 1. The minimum absolute atomic E-state index is 0.0661. The van der Waals surface area contributed by atoms with Gasteiger partial charge in [-0.3, -0.25) is 0 Å². The van der Waals surface area contributed by atoms with Crippen LogP contribution in [0.25, 0.3) is 0 Å². The van der Waals surface area contributed by atoms with Gasteiger partial charge in [0.2, 0.25) is 5.95 Å². The summed E-state index contributed by atoms with van der Waals surface area (Å²) in [6.07, 6.45) is 3.68. The lowest BCUT2D eigenvalue weighted by Crippen LogP contribution is -2.43. The number of nitrogens with zero attached hydrogens (tertiary/aromatic N) is 3. The lowest BCUT2D eigenvalue weighted by atomic mass is 9.80. The molecule has 2 heterocycles. The molecule has 1 saturated heterocycles. The number of hydrogen-bond donors (Lipinski definition) is 3. The number of anilines is 3. The number of benzene rings is 1. The van der Waals surface area contributed by atoms with E-state index in [1.807, 2.05) is 31.2 Å². The van der Waals surface area contributed by atoms with Crippen molar-refractivity contribution in [3.05, 3.63) is 40.5 Å². The van der Waals surface area contributed by atoms with Crippen LogP contribution in [0.5, 0.6) is 0 Å². The van der Waals surface area contributed by atoms with Gasteiger partial charge in [-0.25, -0.2) is 4.98 Å². The van der Waals surface area contributed by atoms with Gasteiger partial charge < -0.3 is 25.8 Å². The summed E-state index contributed by atoms with van der Waals surface area (Å²) in [5.74, 6) is 1.06. The van der Waals surface area contributed by atoms with Crippen molar-refractivity contribution in [2.75, 3.05) is 42.3 Å². The van der Waals surface area contributed by atoms with Gasteiger partial charge in [-0.05, 0) is 50.3 Å². The van der Waals surface area contributed by atoms with Gasteiger partial charge >= 0.3 is 0 Å². The van der Waals surface area contributed by atoms with E-state index in [4.69, 9.17) is 22.1 Å². The first-order valence-electron chi connectivity index (χ1n) is 10.1. The molecular formula is C21H28ClN5O2. The zero-order valence-electron chi connectivity index (χ0n) is 16.7. The van der Waals surface area contributed by atoms with Crippen molar-refractivity contribution in [1.29, 1.82) is 0 Å². The predicted molar refractivity (Wildman–Crippen MR) is 115 cm³/mol. The molecule has 0 unspecified atom stereocenters. The monoisotopic (exact) mass is 417 g/mol. The zero-order chi connectivity index (χ0) is 20.4. The van der Waals surface area contributed by atoms with E-state index in [0.29, 0.717) is 24.8 Å². The van der Waals surface area contributed by atoms with E-state index >= 15 is 0 Å². The molecule has 1 aromatic heterocycles. The molecule has 29 heavy (non-hydrogen) atoms. The Labute approximate surface area is 176 Å². The van der Waals surface area contributed by atoms with Crippen molar-refractivity contribution in [2.24, 2.45) is 0 Å². The summed E-state index contributed by atoms with van der Waals surface area (Å²) in [4.78, 5) is 10.8. The van der Waals surface area contributed by atoms with E-state index in [9.17, 15) is 5.11 Å². The molecule has 1 aliphatic carbocycles. The average molecular weight is 418 g/mol. The van der Waals surface area contributed by atoms with E-state index in [1.165, 1.54) is 0 Å². The molecule has 1 aromatic carbocycles. The molecule has 1 aliphatic heterocycles. The summed E-state index contributed by atoms with van der Waals surface area (Å²) in [5, 5.41) is 14.3. The Bertz CT molecular complexity index is 854. The van der Waals surface area contributed by atoms with Gasteiger partial charge in [0.25, 0.3) is 0 Å². The Morgan fingerprint density at radius 2 is 2.14 bits per heavy atom. The minimum Gasteiger partial charge on any atom is -0.388 e. The molecule has 0 bridgehead atoms. The molecule has 4 rings (SSSR count). The largest absolute Gasteiger partial charge is 0.388 e. The molecule has 2 aliphatic rings. The molecule has 4 N–H and O–H groups in total. The first-order chi connectivity index (χ1) is 13.9. The number of rotatable bonds is 5. The Balaban J connectivity index is 1.58. The van der Waals surface area contributed by atoms with Crippen molar-refractivity contribution in [3.8, 4) is 0 Å². The fourth-order valence-electron chi connectivity index (χ4n) is 3.97. The van der Waals surface area contributed by atoms with Crippen LogP contribution in [0.1, 0.15) is 43.0 Å². The molecule has 0 amide bonds. The van der Waals surface area contributed by atoms with Crippen LogP contribution in [-0.4, -0.2) is 47.0 Å². The molecule has 0 spiro atoms. The third-order valence-electron chi connectivity index (χ3n) is 5.76. The van der Waals surface area contributed by atoms with E-state index < -0.39 is 5.60 Å². The normalized spacial score (nSPS) is 21.3. The van der Waals surface area contributed by atoms with E-state index in [1.54, 1.807) is 0 Å². The number of nitrogens with one attached hydrogen (secondary N) is 1. The highest BCUT2D eigenvalue weighted by Gasteiger charge is 2.34. The van der Waals surface area contributed by atoms with Gasteiger partial charge in [0.15, 0.2) is 0 Å². The first-order valence-corrected chi connectivity index (χ1v) is 10.5. The lowest BCUT2D eigenvalue weighted by molar-refractivity contribution is -0.0201. The third kappa shape index (κ3) is 4.57. The Morgan fingerprint density at radius 3 is 2.83 bits per heavy atom. The van der Waals surface area contributed by atoms with Crippen molar-refractivity contribution >= 4 is 29.1 Å². The number of nitrogen functional groups attached to an aromatic ring is 1. The van der Waals surface area contributed by atoms with Crippen LogP contribution in [0, 0.1) is 6.92 Å². The minimum atomic E-state index is -0.581. The summed E-state index contributed by atoms with van der Waals surface area (Å²) in [5.41, 5.74) is 8.02. The van der Waals surface area contributed by atoms with Gasteiger partial charge in [-0.15, -0.1) is 0 Å². The van der Waals surface area contributed by atoms with Crippen molar-refractivity contribution in [1.82, 2.24) is 9.97 Å². The van der Waals surface area contributed by atoms with Crippen LogP contribution in [0.3, 0.4) is 0 Å². The molecule has 0 radical (unpaired) electrons. The summed E-state index contributed by atoms with van der Waals surface area (Å²) in [7, 11) is 0. The molecule has 2 fully saturated rings. The maximum atomic E-state index is 10.3. The number of hydrogen-bond acceptors (Lipinski definition) is 7. The van der Waals surface area contributed by atoms with Crippen LogP contribution < -0.4 is 16.0 Å². The second-order valence-corrected chi connectivity index (χ2v) is 8.44. The average Bonchev–Trinajstić information content (AvgIpc) is 2.90. The third-order valence-corrected chi connectivity index (χ3v) is 6.08. The van der Waals surface area contributed by atoms with Crippen LogP contribution in [0.2, 0.25) is 5.02 Å². The van der Waals surface area contributed by atoms with E-state index in [0.717, 1.165) is 55.0 Å².